The first kappa shape index (κ1) is 13.6. The summed E-state index contributed by atoms with van der Waals surface area (Å²) in [5, 5.41) is 8.80. The van der Waals surface area contributed by atoms with Crippen LogP contribution in [0.2, 0.25) is 0 Å². The van der Waals surface area contributed by atoms with E-state index in [1.165, 1.54) is 0 Å². The zero-order valence-electron chi connectivity index (χ0n) is 10.5. The van der Waals surface area contributed by atoms with Crippen molar-refractivity contribution < 1.29 is 14.6 Å². The van der Waals surface area contributed by atoms with Crippen LogP contribution in [-0.2, 0) is 11.2 Å². The molecule has 1 atom stereocenters. The van der Waals surface area contributed by atoms with E-state index in [0.717, 1.165) is 18.4 Å². The van der Waals surface area contributed by atoms with Gasteiger partial charge in [-0.25, -0.2) is 0 Å². The average molecular weight is 236 g/mol. The number of benzene rings is 1. The fourth-order valence-electron chi connectivity index (χ4n) is 1.76. The van der Waals surface area contributed by atoms with Gasteiger partial charge in [-0.3, -0.25) is 4.79 Å². The minimum atomic E-state index is -0.831. The SMILES string of the molecule is CCCC(C)COc1ccccc1CC(=O)O. The predicted octanol–water partition coefficient (Wildman–Crippen LogP) is 3.13. The van der Waals surface area contributed by atoms with E-state index < -0.39 is 5.97 Å². The molecule has 1 aromatic carbocycles. The minimum Gasteiger partial charge on any atom is -0.493 e. The summed E-state index contributed by atoms with van der Waals surface area (Å²) < 4.78 is 5.69. The maximum absolute atomic E-state index is 10.7. The average Bonchev–Trinajstić information content (AvgIpc) is 2.27. The van der Waals surface area contributed by atoms with Crippen molar-refractivity contribution in [1.82, 2.24) is 0 Å². The third kappa shape index (κ3) is 4.89. The van der Waals surface area contributed by atoms with Crippen LogP contribution in [0.1, 0.15) is 32.3 Å². The van der Waals surface area contributed by atoms with Gasteiger partial charge in [0, 0.05) is 5.56 Å². The molecule has 0 amide bonds. The molecule has 0 bridgehead atoms. The quantitative estimate of drug-likeness (QED) is 0.791. The molecule has 17 heavy (non-hydrogen) atoms. The lowest BCUT2D eigenvalue weighted by Crippen LogP contribution is -2.10. The van der Waals surface area contributed by atoms with Gasteiger partial charge in [0.25, 0.3) is 0 Å². The molecule has 0 radical (unpaired) electrons. The molecule has 1 rings (SSSR count). The maximum atomic E-state index is 10.7. The second kappa shape index (κ2) is 6.94. The van der Waals surface area contributed by atoms with Crippen LogP contribution >= 0.6 is 0 Å². The van der Waals surface area contributed by atoms with Gasteiger partial charge in [0.2, 0.25) is 0 Å². The lowest BCUT2D eigenvalue weighted by Gasteiger charge is -2.14. The molecule has 3 heteroatoms. The van der Waals surface area contributed by atoms with Crippen LogP contribution in [0.5, 0.6) is 5.75 Å². The van der Waals surface area contributed by atoms with E-state index in [1.807, 2.05) is 18.2 Å². The Balaban J connectivity index is 2.60. The molecule has 0 aliphatic carbocycles. The number of rotatable bonds is 7. The van der Waals surface area contributed by atoms with E-state index in [9.17, 15) is 4.79 Å². The van der Waals surface area contributed by atoms with Gasteiger partial charge >= 0.3 is 5.97 Å². The number of hydrogen-bond donors (Lipinski definition) is 1. The Hall–Kier alpha value is -1.51. The Morgan fingerprint density at radius 2 is 2.12 bits per heavy atom. The van der Waals surface area contributed by atoms with Crippen LogP contribution in [-0.4, -0.2) is 17.7 Å². The smallest absolute Gasteiger partial charge is 0.307 e. The second-order valence-electron chi connectivity index (χ2n) is 4.38. The Labute approximate surface area is 102 Å². The molecular weight excluding hydrogens is 216 g/mol. The molecule has 3 nitrogen and oxygen atoms in total. The predicted molar refractivity (Wildman–Crippen MR) is 67.3 cm³/mol. The van der Waals surface area contributed by atoms with Crippen molar-refractivity contribution in [3.63, 3.8) is 0 Å². The number of aliphatic carboxylic acids is 1. The minimum absolute atomic E-state index is 0.0122. The molecule has 0 saturated carbocycles. The second-order valence-corrected chi connectivity index (χ2v) is 4.38. The largest absolute Gasteiger partial charge is 0.493 e. The summed E-state index contributed by atoms with van der Waals surface area (Å²) in [6.45, 7) is 4.93. The molecular formula is C14H20O3. The first-order chi connectivity index (χ1) is 8.13. The van der Waals surface area contributed by atoms with E-state index in [-0.39, 0.29) is 6.42 Å². The number of carboxylic acid groups (broad SMARTS) is 1. The standard InChI is InChI=1S/C14H20O3/c1-3-6-11(2)10-17-13-8-5-4-7-12(13)9-14(15)16/h4-5,7-8,11H,3,6,9-10H2,1-2H3,(H,15,16). The Bertz CT molecular complexity index is 360. The maximum Gasteiger partial charge on any atom is 0.307 e. The van der Waals surface area contributed by atoms with Crippen molar-refractivity contribution in [3.8, 4) is 5.75 Å². The Morgan fingerprint density at radius 3 is 2.76 bits per heavy atom. The lowest BCUT2D eigenvalue weighted by atomic mass is 10.1. The number of hydrogen-bond acceptors (Lipinski definition) is 2. The van der Waals surface area contributed by atoms with Crippen molar-refractivity contribution >= 4 is 5.97 Å². The number of carbonyl (C=O) groups is 1. The summed E-state index contributed by atoms with van der Waals surface area (Å²) in [5.41, 5.74) is 0.740. The number of ether oxygens (including phenoxy) is 1. The van der Waals surface area contributed by atoms with Gasteiger partial charge in [0.15, 0.2) is 0 Å². The molecule has 0 aliphatic heterocycles. The summed E-state index contributed by atoms with van der Waals surface area (Å²) in [5.74, 6) is 0.360. The molecule has 0 saturated heterocycles. The van der Waals surface area contributed by atoms with Gasteiger partial charge in [-0.2, -0.15) is 0 Å². The van der Waals surface area contributed by atoms with Crippen LogP contribution in [0.15, 0.2) is 24.3 Å². The van der Waals surface area contributed by atoms with Gasteiger partial charge in [-0.05, 0) is 18.4 Å². The van der Waals surface area contributed by atoms with Gasteiger partial charge in [0.1, 0.15) is 5.75 Å². The van der Waals surface area contributed by atoms with Gasteiger partial charge in [-0.1, -0.05) is 38.5 Å². The number of carboxylic acids is 1. The molecule has 0 spiro atoms. The summed E-state index contributed by atoms with van der Waals surface area (Å²) >= 11 is 0. The normalized spacial score (nSPS) is 12.1. The summed E-state index contributed by atoms with van der Waals surface area (Å²) in [4.78, 5) is 10.7. The van der Waals surface area contributed by atoms with Crippen LogP contribution in [0.4, 0.5) is 0 Å². The van der Waals surface area contributed by atoms with Crippen molar-refractivity contribution in [2.75, 3.05) is 6.61 Å². The highest BCUT2D eigenvalue weighted by Crippen LogP contribution is 2.20. The first-order valence-electron chi connectivity index (χ1n) is 6.06. The van der Waals surface area contributed by atoms with Crippen molar-refractivity contribution in [2.45, 2.75) is 33.1 Å². The molecule has 0 aromatic heterocycles. The third-order valence-corrected chi connectivity index (χ3v) is 2.62. The van der Waals surface area contributed by atoms with Gasteiger partial charge < -0.3 is 9.84 Å². The van der Waals surface area contributed by atoms with Crippen LogP contribution in [0.25, 0.3) is 0 Å². The monoisotopic (exact) mass is 236 g/mol. The van der Waals surface area contributed by atoms with E-state index in [0.29, 0.717) is 18.3 Å². The van der Waals surface area contributed by atoms with E-state index in [2.05, 4.69) is 13.8 Å². The van der Waals surface area contributed by atoms with Gasteiger partial charge in [0.05, 0.1) is 13.0 Å². The Kier molecular flexibility index (Phi) is 5.53. The van der Waals surface area contributed by atoms with Crippen LogP contribution in [0, 0.1) is 5.92 Å². The summed E-state index contributed by atoms with van der Waals surface area (Å²) in [6.07, 6.45) is 2.28. The van der Waals surface area contributed by atoms with Crippen molar-refractivity contribution in [3.05, 3.63) is 29.8 Å². The topological polar surface area (TPSA) is 46.5 Å². The molecule has 1 aromatic rings. The third-order valence-electron chi connectivity index (χ3n) is 2.62. The fourth-order valence-corrected chi connectivity index (χ4v) is 1.76. The van der Waals surface area contributed by atoms with Crippen LogP contribution < -0.4 is 4.74 Å². The van der Waals surface area contributed by atoms with E-state index >= 15 is 0 Å². The zero-order chi connectivity index (χ0) is 12.7. The molecule has 0 fully saturated rings. The Morgan fingerprint density at radius 1 is 1.41 bits per heavy atom. The number of para-hydroxylation sites is 1. The molecule has 0 aliphatic rings. The van der Waals surface area contributed by atoms with Crippen molar-refractivity contribution in [1.29, 1.82) is 0 Å². The van der Waals surface area contributed by atoms with E-state index in [1.54, 1.807) is 6.07 Å². The lowest BCUT2D eigenvalue weighted by molar-refractivity contribution is -0.136. The van der Waals surface area contributed by atoms with Gasteiger partial charge in [-0.15, -0.1) is 0 Å². The molecule has 0 heterocycles. The molecule has 1 unspecified atom stereocenters. The first-order valence-corrected chi connectivity index (χ1v) is 6.06. The summed E-state index contributed by atoms with van der Waals surface area (Å²) in [7, 11) is 0. The van der Waals surface area contributed by atoms with Crippen LogP contribution in [0.3, 0.4) is 0 Å². The summed E-state index contributed by atoms with van der Waals surface area (Å²) in [6, 6.07) is 7.33. The highest BCUT2D eigenvalue weighted by molar-refractivity contribution is 5.71. The highest BCUT2D eigenvalue weighted by Gasteiger charge is 2.08. The van der Waals surface area contributed by atoms with Crippen molar-refractivity contribution in [2.24, 2.45) is 5.92 Å². The molecule has 94 valence electrons. The zero-order valence-corrected chi connectivity index (χ0v) is 10.5. The fraction of sp³-hybridized carbons (Fsp3) is 0.500. The van der Waals surface area contributed by atoms with E-state index in [4.69, 9.17) is 9.84 Å². The highest BCUT2D eigenvalue weighted by atomic mass is 16.5. The molecule has 1 N–H and O–H groups in total.